The van der Waals surface area contributed by atoms with Gasteiger partial charge in [0.2, 0.25) is 5.91 Å². The lowest BCUT2D eigenvalue weighted by atomic mass is 10.1. The standard InChI is InChI=1S/C14H19NO3/c1-10(12-3-5-13(18-2)6-4-12)15-8-11(9-16)7-14(15)17/h3-6,10-11,16H,7-9H2,1-2H3/t10-,11?/m1/s1. The van der Waals surface area contributed by atoms with Gasteiger partial charge >= 0.3 is 0 Å². The molecule has 1 amide bonds. The van der Waals surface area contributed by atoms with E-state index < -0.39 is 0 Å². The van der Waals surface area contributed by atoms with Crippen LogP contribution in [-0.4, -0.2) is 36.2 Å². The second kappa shape index (κ2) is 5.40. The predicted molar refractivity (Wildman–Crippen MR) is 68.3 cm³/mol. The highest BCUT2D eigenvalue weighted by Gasteiger charge is 2.32. The lowest BCUT2D eigenvalue weighted by molar-refractivity contribution is -0.129. The van der Waals surface area contributed by atoms with Crippen LogP contribution in [0.15, 0.2) is 24.3 Å². The monoisotopic (exact) mass is 249 g/mol. The fraction of sp³-hybridized carbons (Fsp3) is 0.500. The zero-order valence-electron chi connectivity index (χ0n) is 10.8. The van der Waals surface area contributed by atoms with Gasteiger partial charge in [0.25, 0.3) is 0 Å². The van der Waals surface area contributed by atoms with Crippen molar-refractivity contribution in [2.24, 2.45) is 5.92 Å². The van der Waals surface area contributed by atoms with Crippen molar-refractivity contribution in [2.75, 3.05) is 20.3 Å². The highest BCUT2D eigenvalue weighted by atomic mass is 16.5. The van der Waals surface area contributed by atoms with E-state index >= 15 is 0 Å². The minimum absolute atomic E-state index is 0.0416. The number of hydrogen-bond acceptors (Lipinski definition) is 3. The van der Waals surface area contributed by atoms with Gasteiger partial charge in [0, 0.05) is 25.5 Å². The van der Waals surface area contributed by atoms with E-state index in [0.29, 0.717) is 13.0 Å². The molecule has 98 valence electrons. The van der Waals surface area contributed by atoms with E-state index in [0.717, 1.165) is 11.3 Å². The molecule has 18 heavy (non-hydrogen) atoms. The number of likely N-dealkylation sites (tertiary alicyclic amines) is 1. The maximum Gasteiger partial charge on any atom is 0.223 e. The van der Waals surface area contributed by atoms with E-state index in [2.05, 4.69) is 0 Å². The smallest absolute Gasteiger partial charge is 0.223 e. The van der Waals surface area contributed by atoms with E-state index in [1.807, 2.05) is 36.1 Å². The Labute approximate surface area is 107 Å². The molecular formula is C14H19NO3. The molecule has 1 aliphatic rings. The van der Waals surface area contributed by atoms with Crippen molar-refractivity contribution in [3.05, 3.63) is 29.8 Å². The second-order valence-electron chi connectivity index (χ2n) is 4.75. The molecule has 1 aromatic carbocycles. The number of nitrogens with zero attached hydrogens (tertiary/aromatic N) is 1. The maximum atomic E-state index is 11.9. The molecule has 1 N–H and O–H groups in total. The molecule has 1 aliphatic heterocycles. The number of hydrogen-bond donors (Lipinski definition) is 1. The maximum absolute atomic E-state index is 11.9. The third-order valence-corrected chi connectivity index (χ3v) is 3.56. The Morgan fingerprint density at radius 2 is 2.11 bits per heavy atom. The first-order chi connectivity index (χ1) is 8.65. The van der Waals surface area contributed by atoms with Gasteiger partial charge in [0.1, 0.15) is 5.75 Å². The Morgan fingerprint density at radius 1 is 1.44 bits per heavy atom. The van der Waals surface area contributed by atoms with E-state index in [1.54, 1.807) is 7.11 Å². The van der Waals surface area contributed by atoms with Crippen LogP contribution in [0.1, 0.15) is 24.9 Å². The molecule has 4 heteroatoms. The van der Waals surface area contributed by atoms with Gasteiger partial charge < -0.3 is 14.7 Å². The third kappa shape index (κ3) is 2.48. The molecule has 0 aromatic heterocycles. The highest BCUT2D eigenvalue weighted by molar-refractivity contribution is 5.79. The largest absolute Gasteiger partial charge is 0.497 e. The molecule has 4 nitrogen and oxygen atoms in total. The summed E-state index contributed by atoms with van der Waals surface area (Å²) < 4.78 is 5.12. The Hall–Kier alpha value is -1.55. The van der Waals surface area contributed by atoms with Crippen LogP contribution in [0.5, 0.6) is 5.75 Å². The number of methoxy groups -OCH3 is 1. The molecule has 1 heterocycles. The van der Waals surface area contributed by atoms with E-state index in [4.69, 9.17) is 9.84 Å². The number of benzene rings is 1. The van der Waals surface area contributed by atoms with Crippen LogP contribution in [0, 0.1) is 5.92 Å². The summed E-state index contributed by atoms with van der Waals surface area (Å²) >= 11 is 0. The third-order valence-electron chi connectivity index (χ3n) is 3.56. The van der Waals surface area contributed by atoms with E-state index in [1.165, 1.54) is 0 Å². The summed E-state index contributed by atoms with van der Waals surface area (Å²) in [6.45, 7) is 2.74. The van der Waals surface area contributed by atoms with Crippen LogP contribution in [0.4, 0.5) is 0 Å². The number of aliphatic hydroxyl groups excluding tert-OH is 1. The molecule has 2 atom stereocenters. The Bertz CT molecular complexity index is 416. The SMILES string of the molecule is COc1ccc([C@@H](C)N2CC(CO)CC2=O)cc1. The zero-order chi connectivity index (χ0) is 13.1. The molecule has 2 rings (SSSR count). The molecular weight excluding hydrogens is 230 g/mol. The van der Waals surface area contributed by atoms with Gasteiger partial charge in [-0.1, -0.05) is 12.1 Å². The minimum Gasteiger partial charge on any atom is -0.497 e. The first-order valence-corrected chi connectivity index (χ1v) is 6.20. The summed E-state index contributed by atoms with van der Waals surface area (Å²) in [5.74, 6) is 1.02. The average Bonchev–Trinajstić information content (AvgIpc) is 2.79. The van der Waals surface area contributed by atoms with Gasteiger partial charge in [-0.05, 0) is 24.6 Å². The Balaban J connectivity index is 2.10. The molecule has 0 bridgehead atoms. The number of aliphatic hydroxyl groups is 1. The molecule has 1 unspecified atom stereocenters. The van der Waals surface area contributed by atoms with Gasteiger partial charge in [-0.15, -0.1) is 0 Å². The quantitative estimate of drug-likeness (QED) is 0.881. The van der Waals surface area contributed by atoms with Crippen molar-refractivity contribution in [3.63, 3.8) is 0 Å². The number of ether oxygens (including phenoxy) is 1. The number of rotatable bonds is 4. The lowest BCUT2D eigenvalue weighted by Gasteiger charge is -2.25. The molecule has 0 radical (unpaired) electrons. The summed E-state index contributed by atoms with van der Waals surface area (Å²) in [6.07, 6.45) is 0.455. The minimum atomic E-state index is 0.0416. The molecule has 0 spiro atoms. The zero-order valence-corrected chi connectivity index (χ0v) is 10.8. The number of amides is 1. The topological polar surface area (TPSA) is 49.8 Å². The Morgan fingerprint density at radius 3 is 2.61 bits per heavy atom. The molecule has 0 aliphatic carbocycles. The Kier molecular flexibility index (Phi) is 3.87. The van der Waals surface area contributed by atoms with Crippen molar-refractivity contribution < 1.29 is 14.6 Å². The van der Waals surface area contributed by atoms with Gasteiger partial charge in [0.05, 0.1) is 13.2 Å². The first-order valence-electron chi connectivity index (χ1n) is 6.20. The van der Waals surface area contributed by atoms with Crippen molar-refractivity contribution in [2.45, 2.75) is 19.4 Å². The van der Waals surface area contributed by atoms with Crippen molar-refractivity contribution in [1.29, 1.82) is 0 Å². The fourth-order valence-electron chi connectivity index (χ4n) is 2.37. The summed E-state index contributed by atoms with van der Waals surface area (Å²) in [4.78, 5) is 13.7. The molecule has 1 fully saturated rings. The van der Waals surface area contributed by atoms with E-state index in [-0.39, 0.29) is 24.5 Å². The van der Waals surface area contributed by atoms with Gasteiger partial charge in [-0.25, -0.2) is 0 Å². The average molecular weight is 249 g/mol. The summed E-state index contributed by atoms with van der Waals surface area (Å²) in [7, 11) is 1.63. The summed E-state index contributed by atoms with van der Waals surface area (Å²) in [5, 5.41) is 9.13. The highest BCUT2D eigenvalue weighted by Crippen LogP contribution is 2.29. The molecule has 0 saturated carbocycles. The first kappa shape index (κ1) is 12.9. The summed E-state index contributed by atoms with van der Waals surface area (Å²) in [5.41, 5.74) is 1.09. The van der Waals surface area contributed by atoms with Gasteiger partial charge in [-0.3, -0.25) is 4.79 Å². The lowest BCUT2D eigenvalue weighted by Crippen LogP contribution is -2.28. The normalized spacial score (nSPS) is 21.2. The number of carbonyl (C=O) groups excluding carboxylic acids is 1. The molecule has 1 saturated heterocycles. The number of carbonyl (C=O) groups is 1. The van der Waals surface area contributed by atoms with Crippen LogP contribution in [0.3, 0.4) is 0 Å². The van der Waals surface area contributed by atoms with Crippen LogP contribution < -0.4 is 4.74 Å². The van der Waals surface area contributed by atoms with Crippen LogP contribution in [0.25, 0.3) is 0 Å². The van der Waals surface area contributed by atoms with Crippen molar-refractivity contribution in [1.82, 2.24) is 4.90 Å². The van der Waals surface area contributed by atoms with Crippen molar-refractivity contribution in [3.8, 4) is 5.75 Å². The van der Waals surface area contributed by atoms with Crippen molar-refractivity contribution >= 4 is 5.91 Å². The van der Waals surface area contributed by atoms with Gasteiger partial charge in [-0.2, -0.15) is 0 Å². The van der Waals surface area contributed by atoms with Gasteiger partial charge in [0.15, 0.2) is 0 Å². The molecule has 1 aromatic rings. The van der Waals surface area contributed by atoms with Crippen LogP contribution >= 0.6 is 0 Å². The fourth-order valence-corrected chi connectivity index (χ4v) is 2.37. The second-order valence-corrected chi connectivity index (χ2v) is 4.75. The van der Waals surface area contributed by atoms with E-state index in [9.17, 15) is 4.79 Å². The van der Waals surface area contributed by atoms with Crippen LogP contribution in [-0.2, 0) is 4.79 Å². The summed E-state index contributed by atoms with van der Waals surface area (Å²) in [6, 6.07) is 7.79. The predicted octanol–water partition coefficient (Wildman–Crippen LogP) is 1.60. The van der Waals surface area contributed by atoms with Crippen LogP contribution in [0.2, 0.25) is 0 Å².